The van der Waals surface area contributed by atoms with Gasteiger partial charge in [0, 0.05) is 24.8 Å². The number of anilines is 1. The number of rotatable bonds is 4. The summed E-state index contributed by atoms with van der Waals surface area (Å²) in [5.41, 5.74) is 3.73. The van der Waals surface area contributed by atoms with Crippen molar-refractivity contribution in [3.63, 3.8) is 0 Å². The molecule has 20 heavy (non-hydrogen) atoms. The molecule has 0 aliphatic heterocycles. The molecule has 0 saturated heterocycles. The van der Waals surface area contributed by atoms with Crippen molar-refractivity contribution in [1.29, 1.82) is 0 Å². The Labute approximate surface area is 119 Å². The highest BCUT2D eigenvalue weighted by molar-refractivity contribution is 5.94. The van der Waals surface area contributed by atoms with Gasteiger partial charge in [-0.1, -0.05) is 29.8 Å². The van der Waals surface area contributed by atoms with Crippen LogP contribution in [0.3, 0.4) is 0 Å². The second kappa shape index (κ2) is 6.19. The molecular weight excluding hydrogens is 250 g/mol. The van der Waals surface area contributed by atoms with E-state index < -0.39 is 0 Å². The van der Waals surface area contributed by atoms with Gasteiger partial charge in [-0.3, -0.25) is 4.79 Å². The molecule has 0 bridgehead atoms. The maximum atomic E-state index is 12.1. The SMILES string of the molecule is CNc1cc(C(=O)NCc2ccc(C)cc2)cc(C)n1. The number of hydrogen-bond donors (Lipinski definition) is 2. The van der Waals surface area contributed by atoms with Crippen LogP contribution in [0, 0.1) is 13.8 Å². The first kappa shape index (κ1) is 14.1. The Morgan fingerprint density at radius 1 is 1.15 bits per heavy atom. The number of pyridine rings is 1. The van der Waals surface area contributed by atoms with Gasteiger partial charge in [-0.05, 0) is 31.5 Å². The standard InChI is InChI=1S/C16H19N3O/c1-11-4-6-13(7-5-11)10-18-16(20)14-8-12(2)19-15(9-14)17-3/h4-9H,10H2,1-3H3,(H,17,19)(H,18,20). The van der Waals surface area contributed by atoms with Crippen LogP contribution in [0.5, 0.6) is 0 Å². The molecule has 0 spiro atoms. The van der Waals surface area contributed by atoms with E-state index in [1.54, 1.807) is 19.2 Å². The first-order chi connectivity index (χ1) is 9.58. The minimum absolute atomic E-state index is 0.0902. The van der Waals surface area contributed by atoms with Crippen molar-refractivity contribution in [3.8, 4) is 0 Å². The average molecular weight is 269 g/mol. The number of hydrogen-bond acceptors (Lipinski definition) is 3. The third kappa shape index (κ3) is 3.57. The maximum Gasteiger partial charge on any atom is 0.251 e. The number of aryl methyl sites for hydroxylation is 2. The average Bonchev–Trinajstić information content (AvgIpc) is 2.45. The molecule has 2 rings (SSSR count). The molecule has 4 nitrogen and oxygen atoms in total. The Bertz CT molecular complexity index is 606. The summed E-state index contributed by atoms with van der Waals surface area (Å²) >= 11 is 0. The predicted octanol–water partition coefficient (Wildman–Crippen LogP) is 2.67. The number of nitrogens with zero attached hydrogens (tertiary/aromatic N) is 1. The second-order valence-electron chi connectivity index (χ2n) is 4.80. The molecule has 0 unspecified atom stereocenters. The first-order valence-electron chi connectivity index (χ1n) is 6.58. The van der Waals surface area contributed by atoms with Crippen molar-refractivity contribution in [2.75, 3.05) is 12.4 Å². The Morgan fingerprint density at radius 2 is 1.85 bits per heavy atom. The largest absolute Gasteiger partial charge is 0.373 e. The molecule has 2 aromatic rings. The summed E-state index contributed by atoms with van der Waals surface area (Å²) in [6.07, 6.45) is 0. The molecule has 1 heterocycles. The predicted molar refractivity (Wildman–Crippen MR) is 80.9 cm³/mol. The molecular formula is C16H19N3O. The molecule has 0 saturated carbocycles. The van der Waals surface area contributed by atoms with Crippen LogP contribution in [0.2, 0.25) is 0 Å². The van der Waals surface area contributed by atoms with Gasteiger partial charge in [0.05, 0.1) is 0 Å². The number of carbonyl (C=O) groups is 1. The Hall–Kier alpha value is -2.36. The van der Waals surface area contributed by atoms with Crippen LogP contribution in [-0.4, -0.2) is 17.9 Å². The van der Waals surface area contributed by atoms with E-state index >= 15 is 0 Å². The third-order valence-electron chi connectivity index (χ3n) is 3.05. The van der Waals surface area contributed by atoms with E-state index in [2.05, 4.69) is 15.6 Å². The lowest BCUT2D eigenvalue weighted by Crippen LogP contribution is -2.23. The maximum absolute atomic E-state index is 12.1. The number of carbonyl (C=O) groups excluding carboxylic acids is 1. The summed E-state index contributed by atoms with van der Waals surface area (Å²) in [7, 11) is 1.79. The normalized spacial score (nSPS) is 10.2. The van der Waals surface area contributed by atoms with Crippen molar-refractivity contribution in [3.05, 3.63) is 58.8 Å². The highest BCUT2D eigenvalue weighted by Crippen LogP contribution is 2.10. The lowest BCUT2D eigenvalue weighted by Gasteiger charge is -2.08. The zero-order valence-electron chi connectivity index (χ0n) is 12.0. The fourth-order valence-corrected chi connectivity index (χ4v) is 1.92. The van der Waals surface area contributed by atoms with E-state index in [0.717, 1.165) is 11.3 Å². The number of benzene rings is 1. The van der Waals surface area contributed by atoms with Gasteiger partial charge >= 0.3 is 0 Å². The zero-order chi connectivity index (χ0) is 14.5. The van der Waals surface area contributed by atoms with Crippen LogP contribution in [0.1, 0.15) is 27.2 Å². The van der Waals surface area contributed by atoms with Crippen molar-refractivity contribution in [2.45, 2.75) is 20.4 Å². The molecule has 0 atom stereocenters. The van der Waals surface area contributed by atoms with E-state index in [1.807, 2.05) is 38.1 Å². The van der Waals surface area contributed by atoms with Crippen molar-refractivity contribution < 1.29 is 4.79 Å². The Morgan fingerprint density at radius 3 is 2.50 bits per heavy atom. The smallest absolute Gasteiger partial charge is 0.251 e. The molecule has 1 aromatic heterocycles. The van der Waals surface area contributed by atoms with Crippen LogP contribution in [0.4, 0.5) is 5.82 Å². The van der Waals surface area contributed by atoms with Gasteiger partial charge in [-0.15, -0.1) is 0 Å². The molecule has 2 N–H and O–H groups in total. The molecule has 0 radical (unpaired) electrons. The molecule has 4 heteroatoms. The minimum Gasteiger partial charge on any atom is -0.373 e. The fourth-order valence-electron chi connectivity index (χ4n) is 1.92. The molecule has 0 aliphatic carbocycles. The van der Waals surface area contributed by atoms with E-state index in [1.165, 1.54) is 5.56 Å². The second-order valence-corrected chi connectivity index (χ2v) is 4.80. The van der Waals surface area contributed by atoms with Crippen molar-refractivity contribution >= 4 is 11.7 Å². The molecule has 0 fully saturated rings. The van der Waals surface area contributed by atoms with E-state index in [-0.39, 0.29) is 5.91 Å². The Balaban J connectivity index is 2.04. The first-order valence-corrected chi connectivity index (χ1v) is 6.58. The van der Waals surface area contributed by atoms with Gasteiger partial charge in [-0.2, -0.15) is 0 Å². The van der Waals surface area contributed by atoms with Crippen LogP contribution in [-0.2, 0) is 6.54 Å². The Kier molecular flexibility index (Phi) is 4.35. The quantitative estimate of drug-likeness (QED) is 0.897. The monoisotopic (exact) mass is 269 g/mol. The summed E-state index contributed by atoms with van der Waals surface area (Å²) in [4.78, 5) is 16.4. The number of nitrogens with one attached hydrogen (secondary N) is 2. The highest BCUT2D eigenvalue weighted by Gasteiger charge is 2.08. The van der Waals surface area contributed by atoms with Crippen LogP contribution in [0.15, 0.2) is 36.4 Å². The third-order valence-corrected chi connectivity index (χ3v) is 3.05. The van der Waals surface area contributed by atoms with Crippen LogP contribution >= 0.6 is 0 Å². The van der Waals surface area contributed by atoms with E-state index in [0.29, 0.717) is 17.9 Å². The highest BCUT2D eigenvalue weighted by atomic mass is 16.1. The molecule has 0 aliphatic rings. The van der Waals surface area contributed by atoms with Gasteiger partial charge in [0.2, 0.25) is 0 Å². The summed E-state index contributed by atoms with van der Waals surface area (Å²) in [6, 6.07) is 11.6. The fraction of sp³-hybridized carbons (Fsp3) is 0.250. The summed E-state index contributed by atoms with van der Waals surface area (Å²) in [5, 5.41) is 5.87. The van der Waals surface area contributed by atoms with E-state index in [9.17, 15) is 4.79 Å². The van der Waals surface area contributed by atoms with Gasteiger partial charge in [0.15, 0.2) is 0 Å². The number of amides is 1. The van der Waals surface area contributed by atoms with Gasteiger partial charge < -0.3 is 10.6 Å². The molecule has 1 amide bonds. The topological polar surface area (TPSA) is 54.0 Å². The van der Waals surface area contributed by atoms with Crippen molar-refractivity contribution in [1.82, 2.24) is 10.3 Å². The van der Waals surface area contributed by atoms with Gasteiger partial charge in [0.1, 0.15) is 5.82 Å². The summed E-state index contributed by atoms with van der Waals surface area (Å²) < 4.78 is 0. The summed E-state index contributed by atoms with van der Waals surface area (Å²) in [6.45, 7) is 4.44. The van der Waals surface area contributed by atoms with Crippen LogP contribution in [0.25, 0.3) is 0 Å². The molecule has 104 valence electrons. The zero-order valence-corrected chi connectivity index (χ0v) is 12.0. The van der Waals surface area contributed by atoms with E-state index in [4.69, 9.17) is 0 Å². The minimum atomic E-state index is -0.0902. The number of aromatic nitrogens is 1. The lowest BCUT2D eigenvalue weighted by molar-refractivity contribution is 0.0950. The van der Waals surface area contributed by atoms with Gasteiger partial charge in [0.25, 0.3) is 5.91 Å². The summed E-state index contributed by atoms with van der Waals surface area (Å²) in [5.74, 6) is 0.609. The van der Waals surface area contributed by atoms with Crippen LogP contribution < -0.4 is 10.6 Å². The van der Waals surface area contributed by atoms with Gasteiger partial charge in [-0.25, -0.2) is 4.98 Å². The van der Waals surface area contributed by atoms with Crippen molar-refractivity contribution in [2.24, 2.45) is 0 Å². The lowest BCUT2D eigenvalue weighted by atomic mass is 10.1. The molecule has 1 aromatic carbocycles.